The minimum atomic E-state index is -0.116. The number of hydrogen-bond acceptors (Lipinski definition) is 3. The predicted molar refractivity (Wildman–Crippen MR) is 103 cm³/mol. The van der Waals surface area contributed by atoms with E-state index in [2.05, 4.69) is 5.32 Å². The molecule has 0 spiro atoms. The summed E-state index contributed by atoms with van der Waals surface area (Å²) in [5.41, 5.74) is 2.41. The monoisotopic (exact) mass is 376 g/mol. The lowest BCUT2D eigenvalue weighted by molar-refractivity contribution is -0.126. The van der Waals surface area contributed by atoms with E-state index in [0.717, 1.165) is 16.5 Å². The third-order valence-electron chi connectivity index (χ3n) is 5.00. The molecule has 1 aromatic carbocycles. The molecule has 1 aliphatic heterocycles. The van der Waals surface area contributed by atoms with Gasteiger partial charge in [-0.05, 0) is 58.2 Å². The largest absolute Gasteiger partial charge is 0.451 e. The van der Waals surface area contributed by atoms with Crippen molar-refractivity contribution in [1.82, 2.24) is 10.2 Å². The Labute approximate surface area is 158 Å². The smallest absolute Gasteiger partial charge is 0.289 e. The molecule has 0 unspecified atom stereocenters. The molecule has 1 fully saturated rings. The van der Waals surface area contributed by atoms with Crippen molar-refractivity contribution in [2.45, 2.75) is 46.6 Å². The Balaban J connectivity index is 1.74. The lowest BCUT2D eigenvalue weighted by atomic mass is 9.95. The Hall–Kier alpha value is -2.01. The quantitative estimate of drug-likeness (QED) is 0.877. The molecule has 0 atom stereocenters. The predicted octanol–water partition coefficient (Wildman–Crippen LogP) is 4.08. The first-order valence-corrected chi connectivity index (χ1v) is 9.44. The van der Waals surface area contributed by atoms with Gasteiger partial charge in [0.25, 0.3) is 5.91 Å². The van der Waals surface area contributed by atoms with Gasteiger partial charge in [0.2, 0.25) is 5.91 Å². The van der Waals surface area contributed by atoms with Gasteiger partial charge in [0.1, 0.15) is 5.58 Å². The van der Waals surface area contributed by atoms with Gasteiger partial charge in [0.15, 0.2) is 5.76 Å². The SMILES string of the molecule is Cc1cc2oc(C(=O)N3CCC(C(=O)NC(C)C)CC3)c(C)c2cc1Cl. The normalized spacial score (nSPS) is 15.7. The van der Waals surface area contributed by atoms with E-state index in [1.54, 1.807) is 4.90 Å². The zero-order valence-corrected chi connectivity index (χ0v) is 16.4. The Kier molecular flexibility index (Phi) is 5.28. The Morgan fingerprint density at radius 2 is 1.88 bits per heavy atom. The second kappa shape index (κ2) is 7.31. The molecule has 2 amide bonds. The summed E-state index contributed by atoms with van der Waals surface area (Å²) in [6.45, 7) is 8.82. The number of nitrogens with zero attached hydrogens (tertiary/aromatic N) is 1. The van der Waals surface area contributed by atoms with Crippen LogP contribution in [-0.2, 0) is 4.79 Å². The average molecular weight is 377 g/mol. The van der Waals surface area contributed by atoms with Crippen LogP contribution in [0.5, 0.6) is 0 Å². The second-order valence-electron chi connectivity index (χ2n) is 7.38. The molecule has 1 aromatic heterocycles. The summed E-state index contributed by atoms with van der Waals surface area (Å²) in [5, 5.41) is 4.49. The first kappa shape index (κ1) is 18.8. The van der Waals surface area contributed by atoms with Crippen LogP contribution >= 0.6 is 11.6 Å². The number of carbonyl (C=O) groups excluding carboxylic acids is 2. The van der Waals surface area contributed by atoms with Gasteiger partial charge in [-0.2, -0.15) is 0 Å². The number of furan rings is 1. The van der Waals surface area contributed by atoms with Crippen LogP contribution < -0.4 is 5.32 Å². The Morgan fingerprint density at radius 1 is 1.23 bits per heavy atom. The maximum atomic E-state index is 12.9. The number of nitrogens with one attached hydrogen (secondary N) is 1. The highest BCUT2D eigenvalue weighted by atomic mass is 35.5. The summed E-state index contributed by atoms with van der Waals surface area (Å²) in [6, 6.07) is 3.85. The van der Waals surface area contributed by atoms with E-state index in [-0.39, 0.29) is 23.8 Å². The lowest BCUT2D eigenvalue weighted by Crippen LogP contribution is -2.44. The molecular formula is C20H25ClN2O3. The Bertz CT molecular complexity index is 848. The molecule has 1 aliphatic rings. The van der Waals surface area contributed by atoms with Crippen LogP contribution in [0.2, 0.25) is 5.02 Å². The number of amides is 2. The van der Waals surface area contributed by atoms with Crippen LogP contribution in [0.1, 0.15) is 48.4 Å². The molecule has 2 heterocycles. The number of likely N-dealkylation sites (tertiary alicyclic amines) is 1. The van der Waals surface area contributed by atoms with Crippen molar-refractivity contribution in [2.75, 3.05) is 13.1 Å². The fourth-order valence-electron chi connectivity index (χ4n) is 3.44. The molecule has 0 bridgehead atoms. The maximum Gasteiger partial charge on any atom is 0.289 e. The summed E-state index contributed by atoms with van der Waals surface area (Å²) in [5.74, 6) is 0.304. The van der Waals surface area contributed by atoms with E-state index in [1.807, 2.05) is 39.8 Å². The summed E-state index contributed by atoms with van der Waals surface area (Å²) in [7, 11) is 0. The van der Waals surface area contributed by atoms with Crippen molar-refractivity contribution in [3.63, 3.8) is 0 Å². The van der Waals surface area contributed by atoms with Gasteiger partial charge in [-0.1, -0.05) is 11.6 Å². The van der Waals surface area contributed by atoms with Crippen LogP contribution in [0, 0.1) is 19.8 Å². The number of aryl methyl sites for hydroxylation is 2. The highest BCUT2D eigenvalue weighted by molar-refractivity contribution is 6.32. The van der Waals surface area contributed by atoms with Gasteiger partial charge in [0.05, 0.1) is 0 Å². The lowest BCUT2D eigenvalue weighted by Gasteiger charge is -2.31. The molecule has 1 N–H and O–H groups in total. The number of carbonyl (C=O) groups is 2. The van der Waals surface area contributed by atoms with Gasteiger partial charge in [-0.3, -0.25) is 9.59 Å². The first-order valence-electron chi connectivity index (χ1n) is 9.06. The van der Waals surface area contributed by atoms with Crippen LogP contribution in [0.15, 0.2) is 16.5 Å². The molecule has 2 aromatic rings. The van der Waals surface area contributed by atoms with Crippen LogP contribution in [0.3, 0.4) is 0 Å². The fraction of sp³-hybridized carbons (Fsp3) is 0.500. The third kappa shape index (κ3) is 3.58. The minimum absolute atomic E-state index is 0.0281. The van der Waals surface area contributed by atoms with Crippen molar-refractivity contribution < 1.29 is 14.0 Å². The van der Waals surface area contributed by atoms with E-state index in [9.17, 15) is 9.59 Å². The van der Waals surface area contributed by atoms with E-state index in [4.69, 9.17) is 16.0 Å². The van der Waals surface area contributed by atoms with Gasteiger partial charge < -0.3 is 14.6 Å². The van der Waals surface area contributed by atoms with E-state index < -0.39 is 0 Å². The number of rotatable bonds is 3. The summed E-state index contributed by atoms with van der Waals surface area (Å²) in [6.07, 6.45) is 1.35. The van der Waals surface area contributed by atoms with Gasteiger partial charge in [-0.25, -0.2) is 0 Å². The Morgan fingerprint density at radius 3 is 2.50 bits per heavy atom. The van der Waals surface area contributed by atoms with Crippen LogP contribution in [-0.4, -0.2) is 35.8 Å². The molecule has 3 rings (SSSR count). The molecule has 6 heteroatoms. The van der Waals surface area contributed by atoms with Crippen molar-refractivity contribution in [3.05, 3.63) is 34.0 Å². The van der Waals surface area contributed by atoms with Gasteiger partial charge in [-0.15, -0.1) is 0 Å². The molecule has 0 radical (unpaired) electrons. The van der Waals surface area contributed by atoms with Crippen molar-refractivity contribution in [3.8, 4) is 0 Å². The standard InChI is InChI=1S/C20H25ClN2O3/c1-11(2)22-19(24)14-5-7-23(8-6-14)20(25)18-13(4)15-10-16(21)12(3)9-17(15)26-18/h9-11,14H,5-8H2,1-4H3,(H,22,24). The molecule has 5 nitrogen and oxygen atoms in total. The zero-order chi connectivity index (χ0) is 19.0. The first-order chi connectivity index (χ1) is 12.3. The van der Waals surface area contributed by atoms with E-state index in [1.165, 1.54) is 0 Å². The zero-order valence-electron chi connectivity index (χ0n) is 15.7. The van der Waals surface area contributed by atoms with Crippen molar-refractivity contribution in [1.29, 1.82) is 0 Å². The summed E-state index contributed by atoms with van der Waals surface area (Å²) >= 11 is 6.20. The number of benzene rings is 1. The van der Waals surface area contributed by atoms with Gasteiger partial charge >= 0.3 is 0 Å². The summed E-state index contributed by atoms with van der Waals surface area (Å²) in [4.78, 5) is 26.8. The highest BCUT2D eigenvalue weighted by Gasteiger charge is 2.30. The van der Waals surface area contributed by atoms with Crippen LogP contribution in [0.25, 0.3) is 11.0 Å². The van der Waals surface area contributed by atoms with Crippen molar-refractivity contribution >= 4 is 34.4 Å². The third-order valence-corrected chi connectivity index (χ3v) is 5.40. The molecule has 0 saturated carbocycles. The minimum Gasteiger partial charge on any atom is -0.451 e. The number of fused-ring (bicyclic) bond motifs is 1. The van der Waals surface area contributed by atoms with E-state index in [0.29, 0.717) is 42.3 Å². The highest BCUT2D eigenvalue weighted by Crippen LogP contribution is 2.31. The van der Waals surface area contributed by atoms with E-state index >= 15 is 0 Å². The molecule has 26 heavy (non-hydrogen) atoms. The van der Waals surface area contributed by atoms with Crippen LogP contribution in [0.4, 0.5) is 0 Å². The molecule has 0 aliphatic carbocycles. The maximum absolute atomic E-state index is 12.9. The molecule has 140 valence electrons. The number of halogens is 1. The topological polar surface area (TPSA) is 62.6 Å². The van der Waals surface area contributed by atoms with Gasteiger partial charge in [0, 0.05) is 41.0 Å². The molecular weight excluding hydrogens is 352 g/mol. The second-order valence-corrected chi connectivity index (χ2v) is 7.79. The number of piperidine rings is 1. The number of hydrogen-bond donors (Lipinski definition) is 1. The molecule has 1 saturated heterocycles. The summed E-state index contributed by atoms with van der Waals surface area (Å²) < 4.78 is 5.85. The average Bonchev–Trinajstić information content (AvgIpc) is 2.90. The fourth-order valence-corrected chi connectivity index (χ4v) is 3.60. The van der Waals surface area contributed by atoms with Crippen molar-refractivity contribution in [2.24, 2.45) is 5.92 Å².